The largest absolute Gasteiger partial charge is 0.352 e. The highest BCUT2D eigenvalue weighted by Gasteiger charge is 2.30. The molecule has 0 radical (unpaired) electrons. The van der Waals surface area contributed by atoms with E-state index in [0.717, 1.165) is 12.1 Å². The van der Waals surface area contributed by atoms with Crippen LogP contribution in [0.4, 0.5) is 18.9 Å². The Hall–Kier alpha value is -2.31. The Kier molecular flexibility index (Phi) is 6.00. The maximum absolute atomic E-state index is 13.6. The van der Waals surface area contributed by atoms with Gasteiger partial charge >= 0.3 is 0 Å². The first-order chi connectivity index (χ1) is 11.4. The van der Waals surface area contributed by atoms with E-state index in [9.17, 15) is 22.8 Å². The molecule has 1 saturated carbocycles. The van der Waals surface area contributed by atoms with Gasteiger partial charge in [-0.05, 0) is 37.8 Å². The number of carbonyl (C=O) groups excluding carboxylic acids is 2. The summed E-state index contributed by atoms with van der Waals surface area (Å²) in [6, 6.07) is 1.74. The zero-order chi connectivity index (χ0) is 17.7. The van der Waals surface area contributed by atoms with E-state index in [1.54, 1.807) is 6.08 Å². The molecule has 0 saturated heterocycles. The lowest BCUT2D eigenvalue weighted by molar-refractivity contribution is -0.128. The fourth-order valence-electron chi connectivity index (χ4n) is 2.79. The number of nitrogens with one attached hydrogen (secondary N) is 2. The number of hydrogen-bond donors (Lipinski definition) is 2. The van der Waals surface area contributed by atoms with Crippen molar-refractivity contribution in [3.8, 4) is 0 Å². The topological polar surface area (TPSA) is 58.2 Å². The molecule has 7 heteroatoms. The maximum atomic E-state index is 13.6. The molecule has 0 unspecified atom stereocenters. The number of carbonyl (C=O) groups is 2. The third-order valence-corrected chi connectivity index (χ3v) is 4.18. The lowest BCUT2D eigenvalue weighted by atomic mass is 9.81. The second-order valence-electron chi connectivity index (χ2n) is 5.79. The Morgan fingerprint density at radius 2 is 1.62 bits per heavy atom. The highest BCUT2D eigenvalue weighted by atomic mass is 19.2. The van der Waals surface area contributed by atoms with Crippen LogP contribution in [-0.2, 0) is 9.59 Å². The Balaban J connectivity index is 1.90. The van der Waals surface area contributed by atoms with Gasteiger partial charge < -0.3 is 10.6 Å². The van der Waals surface area contributed by atoms with E-state index in [-0.39, 0.29) is 23.4 Å². The number of hydrogen-bond acceptors (Lipinski definition) is 2. The summed E-state index contributed by atoms with van der Waals surface area (Å²) < 4.78 is 39.6. The highest BCUT2D eigenvalue weighted by molar-refractivity contribution is 5.93. The Labute approximate surface area is 138 Å². The van der Waals surface area contributed by atoms with E-state index in [2.05, 4.69) is 17.2 Å². The van der Waals surface area contributed by atoms with E-state index in [4.69, 9.17) is 0 Å². The van der Waals surface area contributed by atoms with Crippen LogP contribution in [0.3, 0.4) is 0 Å². The van der Waals surface area contributed by atoms with Crippen molar-refractivity contribution >= 4 is 17.5 Å². The molecule has 2 N–H and O–H groups in total. The normalized spacial score (nSPS) is 20.3. The average molecular weight is 340 g/mol. The van der Waals surface area contributed by atoms with Gasteiger partial charge in [0.05, 0.1) is 5.69 Å². The minimum Gasteiger partial charge on any atom is -0.352 e. The summed E-state index contributed by atoms with van der Waals surface area (Å²) in [6.45, 7) is 3.92. The van der Waals surface area contributed by atoms with Gasteiger partial charge in [0.1, 0.15) is 0 Å². The van der Waals surface area contributed by atoms with Crippen LogP contribution in [0.2, 0.25) is 0 Å². The molecule has 4 nitrogen and oxygen atoms in total. The van der Waals surface area contributed by atoms with E-state index in [1.165, 1.54) is 0 Å². The maximum Gasteiger partial charge on any atom is 0.227 e. The molecule has 1 aromatic rings. The number of anilines is 1. The molecular weight excluding hydrogens is 321 g/mol. The lowest BCUT2D eigenvalue weighted by Crippen LogP contribution is -2.35. The van der Waals surface area contributed by atoms with Gasteiger partial charge in [-0.2, -0.15) is 0 Å². The minimum absolute atomic E-state index is 0.0691. The molecule has 130 valence electrons. The smallest absolute Gasteiger partial charge is 0.227 e. The quantitative estimate of drug-likeness (QED) is 0.639. The van der Waals surface area contributed by atoms with Gasteiger partial charge in [0.25, 0.3) is 0 Å². The lowest BCUT2D eigenvalue weighted by Gasteiger charge is -2.27. The van der Waals surface area contributed by atoms with Crippen molar-refractivity contribution in [1.29, 1.82) is 0 Å². The molecule has 0 bridgehead atoms. The standard InChI is InChI=1S/C17H19F3N2O2/c1-2-9-21-16(23)10-3-5-11(6-4-10)17(24)22-13-8-7-12(18)14(19)15(13)20/h2,7-8,10-11H,1,3-6,9H2,(H,21,23)(H,22,24). The second kappa shape index (κ2) is 7.99. The fraction of sp³-hybridized carbons (Fsp3) is 0.412. The molecule has 0 heterocycles. The predicted molar refractivity (Wildman–Crippen MR) is 83.6 cm³/mol. The summed E-state index contributed by atoms with van der Waals surface area (Å²) in [7, 11) is 0. The molecule has 0 spiro atoms. The molecule has 0 aromatic heterocycles. The van der Waals surface area contributed by atoms with Gasteiger partial charge in [0.2, 0.25) is 11.8 Å². The predicted octanol–water partition coefficient (Wildman–Crippen LogP) is 3.15. The van der Waals surface area contributed by atoms with Gasteiger partial charge in [0.15, 0.2) is 17.5 Å². The summed E-state index contributed by atoms with van der Waals surface area (Å²) in [4.78, 5) is 24.0. The first-order valence-electron chi connectivity index (χ1n) is 7.77. The monoisotopic (exact) mass is 340 g/mol. The number of halogens is 3. The molecule has 1 aliphatic carbocycles. The molecule has 1 fully saturated rings. The Morgan fingerprint density at radius 3 is 2.21 bits per heavy atom. The molecule has 2 amide bonds. The van der Waals surface area contributed by atoms with Crippen molar-refractivity contribution in [2.24, 2.45) is 11.8 Å². The summed E-state index contributed by atoms with van der Waals surface area (Å²) in [6.07, 6.45) is 3.63. The highest BCUT2D eigenvalue weighted by Crippen LogP contribution is 2.30. The summed E-state index contributed by atoms with van der Waals surface area (Å²) in [5, 5.41) is 5.01. The Morgan fingerprint density at radius 1 is 1.04 bits per heavy atom. The SMILES string of the molecule is C=CCNC(=O)C1CCC(C(=O)Nc2ccc(F)c(F)c2F)CC1. The molecule has 0 aliphatic heterocycles. The zero-order valence-electron chi connectivity index (χ0n) is 13.1. The van der Waals surface area contributed by atoms with Crippen LogP contribution >= 0.6 is 0 Å². The van der Waals surface area contributed by atoms with Gasteiger partial charge in [-0.3, -0.25) is 9.59 Å². The van der Waals surface area contributed by atoms with E-state index < -0.39 is 23.4 Å². The first kappa shape index (κ1) is 18.0. The molecular formula is C17H19F3N2O2. The minimum atomic E-state index is -1.62. The van der Waals surface area contributed by atoms with Crippen molar-refractivity contribution in [3.05, 3.63) is 42.2 Å². The zero-order valence-corrected chi connectivity index (χ0v) is 13.1. The fourth-order valence-corrected chi connectivity index (χ4v) is 2.79. The molecule has 1 aromatic carbocycles. The van der Waals surface area contributed by atoms with Crippen LogP contribution in [0.25, 0.3) is 0 Å². The van der Waals surface area contributed by atoms with E-state index in [0.29, 0.717) is 32.2 Å². The van der Waals surface area contributed by atoms with E-state index in [1.807, 2.05) is 0 Å². The number of rotatable bonds is 5. The third kappa shape index (κ3) is 4.15. The van der Waals surface area contributed by atoms with Crippen molar-refractivity contribution in [1.82, 2.24) is 5.32 Å². The van der Waals surface area contributed by atoms with Crippen LogP contribution in [0, 0.1) is 29.3 Å². The van der Waals surface area contributed by atoms with Crippen molar-refractivity contribution < 1.29 is 22.8 Å². The van der Waals surface area contributed by atoms with Gasteiger partial charge in [-0.1, -0.05) is 6.08 Å². The van der Waals surface area contributed by atoms with Crippen molar-refractivity contribution in [2.75, 3.05) is 11.9 Å². The number of amides is 2. The Bertz CT molecular complexity index is 641. The van der Waals surface area contributed by atoms with Gasteiger partial charge in [0, 0.05) is 18.4 Å². The molecule has 24 heavy (non-hydrogen) atoms. The van der Waals surface area contributed by atoms with Crippen LogP contribution in [0.15, 0.2) is 24.8 Å². The van der Waals surface area contributed by atoms with Crippen LogP contribution < -0.4 is 10.6 Å². The summed E-state index contributed by atoms with van der Waals surface area (Å²) in [5.74, 6) is -5.41. The van der Waals surface area contributed by atoms with Crippen molar-refractivity contribution in [3.63, 3.8) is 0 Å². The van der Waals surface area contributed by atoms with Crippen LogP contribution in [-0.4, -0.2) is 18.4 Å². The van der Waals surface area contributed by atoms with Gasteiger partial charge in [-0.25, -0.2) is 13.2 Å². The van der Waals surface area contributed by atoms with Gasteiger partial charge in [-0.15, -0.1) is 6.58 Å². The summed E-state index contributed by atoms with van der Waals surface area (Å²) >= 11 is 0. The first-order valence-corrected chi connectivity index (χ1v) is 7.77. The van der Waals surface area contributed by atoms with Crippen molar-refractivity contribution in [2.45, 2.75) is 25.7 Å². The average Bonchev–Trinajstić information content (AvgIpc) is 2.60. The molecule has 2 rings (SSSR count). The van der Waals surface area contributed by atoms with E-state index >= 15 is 0 Å². The molecule has 0 atom stereocenters. The summed E-state index contributed by atoms with van der Waals surface area (Å²) in [5.41, 5.74) is -0.384. The molecule has 1 aliphatic rings. The number of benzene rings is 1. The van der Waals surface area contributed by atoms with Crippen LogP contribution in [0.5, 0.6) is 0 Å². The third-order valence-electron chi connectivity index (χ3n) is 4.18. The van der Waals surface area contributed by atoms with Crippen LogP contribution in [0.1, 0.15) is 25.7 Å². The second-order valence-corrected chi connectivity index (χ2v) is 5.79.